The first-order valence-corrected chi connectivity index (χ1v) is 19.9. The molecule has 1 heteroatoms. The van der Waals surface area contributed by atoms with E-state index >= 15 is 0 Å². The molecule has 0 aliphatic heterocycles. The molecule has 1 aliphatic carbocycles. The van der Waals surface area contributed by atoms with Crippen LogP contribution in [0.2, 0.25) is 0 Å². The predicted molar refractivity (Wildman–Crippen MR) is 217 cm³/mol. The first-order chi connectivity index (χ1) is 24.6. The molecule has 1 nitrogen and oxygen atoms in total. The molecule has 1 atom stereocenters. The molecule has 5 aromatic carbocycles. The molecule has 50 heavy (non-hydrogen) atoms. The smallest absolute Gasteiger partial charge is 0.0541 e. The molecule has 1 heterocycles. The Bertz CT molecular complexity index is 1990. The van der Waals surface area contributed by atoms with Crippen LogP contribution in [0.25, 0.3) is 38.6 Å². The molecule has 0 amide bonds. The van der Waals surface area contributed by atoms with Gasteiger partial charge in [0.1, 0.15) is 0 Å². The fourth-order valence-corrected chi connectivity index (χ4v) is 9.38. The molecule has 0 spiro atoms. The lowest BCUT2D eigenvalue weighted by Crippen LogP contribution is -2.34. The summed E-state index contributed by atoms with van der Waals surface area (Å²) < 4.78 is 2.47. The summed E-state index contributed by atoms with van der Waals surface area (Å²) in [7, 11) is 0. The highest BCUT2D eigenvalue weighted by atomic mass is 15.0. The van der Waals surface area contributed by atoms with Gasteiger partial charge in [0.25, 0.3) is 0 Å². The van der Waals surface area contributed by atoms with Crippen molar-refractivity contribution in [1.82, 2.24) is 4.57 Å². The molecule has 7 rings (SSSR count). The number of benzene rings is 5. The highest BCUT2D eigenvalue weighted by Gasteiger charge is 2.48. The second-order valence-electron chi connectivity index (χ2n) is 15.3. The van der Waals surface area contributed by atoms with Crippen LogP contribution in [0.15, 0.2) is 109 Å². The summed E-state index contributed by atoms with van der Waals surface area (Å²) in [5.41, 5.74) is 14.1. The van der Waals surface area contributed by atoms with Gasteiger partial charge in [-0.3, -0.25) is 0 Å². The van der Waals surface area contributed by atoms with Crippen molar-refractivity contribution in [3.63, 3.8) is 0 Å². The predicted octanol–water partition coefficient (Wildman–Crippen LogP) is 14.6. The maximum absolute atomic E-state index is 2.61. The van der Waals surface area contributed by atoms with E-state index in [0.717, 1.165) is 0 Å². The molecule has 1 aliphatic rings. The third-order valence-electron chi connectivity index (χ3n) is 11.8. The fourth-order valence-electron chi connectivity index (χ4n) is 9.38. The molecule has 0 saturated carbocycles. The van der Waals surface area contributed by atoms with Crippen molar-refractivity contribution < 1.29 is 0 Å². The van der Waals surface area contributed by atoms with Crippen molar-refractivity contribution in [2.24, 2.45) is 0 Å². The van der Waals surface area contributed by atoms with E-state index in [1.807, 2.05) is 0 Å². The lowest BCUT2D eigenvalue weighted by Gasteiger charge is -2.41. The Hall–Kier alpha value is -4.10. The molecular weight excluding hydrogens is 603 g/mol. The van der Waals surface area contributed by atoms with Crippen LogP contribution in [0.4, 0.5) is 0 Å². The molecule has 6 aromatic rings. The van der Waals surface area contributed by atoms with Gasteiger partial charge >= 0.3 is 0 Å². The van der Waals surface area contributed by atoms with Gasteiger partial charge in [-0.25, -0.2) is 0 Å². The Morgan fingerprint density at radius 3 is 1.78 bits per heavy atom. The zero-order valence-electron chi connectivity index (χ0n) is 31.1. The van der Waals surface area contributed by atoms with Gasteiger partial charge < -0.3 is 4.57 Å². The van der Waals surface area contributed by atoms with Crippen LogP contribution in [-0.2, 0) is 5.41 Å². The van der Waals surface area contributed by atoms with Crippen LogP contribution in [-0.4, -0.2) is 4.57 Å². The third kappa shape index (κ3) is 6.45. The number of aryl methyl sites for hydroxylation is 2. The van der Waals surface area contributed by atoms with Crippen molar-refractivity contribution in [3.05, 3.63) is 137 Å². The summed E-state index contributed by atoms with van der Waals surface area (Å²) in [4.78, 5) is 0. The van der Waals surface area contributed by atoms with E-state index in [4.69, 9.17) is 0 Å². The molecule has 0 N–H and O–H groups in total. The van der Waals surface area contributed by atoms with Crippen molar-refractivity contribution in [3.8, 4) is 16.8 Å². The number of fused-ring (bicyclic) bond motifs is 6. The monoisotopic (exact) mass is 659 g/mol. The van der Waals surface area contributed by atoms with E-state index in [-0.39, 0.29) is 5.41 Å². The molecule has 0 radical (unpaired) electrons. The Morgan fingerprint density at radius 1 is 0.520 bits per heavy atom. The number of hydrogen-bond donors (Lipinski definition) is 0. The zero-order chi connectivity index (χ0) is 34.5. The van der Waals surface area contributed by atoms with Gasteiger partial charge in [-0.2, -0.15) is 0 Å². The molecule has 0 saturated heterocycles. The Kier molecular flexibility index (Phi) is 10.6. The first kappa shape index (κ1) is 34.4. The maximum Gasteiger partial charge on any atom is 0.0541 e. The molecule has 1 aromatic heterocycles. The van der Waals surface area contributed by atoms with Crippen LogP contribution < -0.4 is 0 Å². The first-order valence-electron chi connectivity index (χ1n) is 19.9. The van der Waals surface area contributed by atoms with Gasteiger partial charge in [0.05, 0.1) is 11.0 Å². The number of aromatic nitrogens is 1. The summed E-state index contributed by atoms with van der Waals surface area (Å²) in [5, 5.41) is 2.72. The number of hydrogen-bond acceptors (Lipinski definition) is 0. The highest BCUT2D eigenvalue weighted by Crippen LogP contribution is 2.60. The molecule has 0 bridgehead atoms. The number of unbranched alkanes of at least 4 members (excludes halogenated alkanes) is 9. The standard InChI is InChI=1S/C49H57N/c1-5-7-9-11-13-20-32-49(45-33-36(3)26-29-40(45)41-30-27-37(4)34-46(41)49)44(24-17-12-10-8-6-2)38-28-31-48-43(35-38)42-23-18-19-25-47(42)50(48)39-21-15-14-16-22-39/h14-16,18-19,21-23,25-31,33-35,44H,5-13,17,20,24,32H2,1-4H3. The van der Waals surface area contributed by atoms with Gasteiger partial charge in [-0.05, 0) is 90.8 Å². The average molecular weight is 660 g/mol. The third-order valence-corrected chi connectivity index (χ3v) is 11.8. The summed E-state index contributed by atoms with van der Waals surface area (Å²) >= 11 is 0. The average Bonchev–Trinajstić information content (AvgIpc) is 3.61. The van der Waals surface area contributed by atoms with Crippen molar-refractivity contribution >= 4 is 21.8 Å². The molecule has 0 fully saturated rings. The van der Waals surface area contributed by atoms with E-state index < -0.39 is 0 Å². The molecular formula is C49H57N. The Morgan fingerprint density at radius 2 is 1.10 bits per heavy atom. The maximum atomic E-state index is 2.61. The van der Waals surface area contributed by atoms with E-state index in [0.29, 0.717) is 5.92 Å². The quantitative estimate of drug-likeness (QED) is 0.0911. The number of para-hydroxylation sites is 2. The van der Waals surface area contributed by atoms with Gasteiger partial charge in [0, 0.05) is 21.9 Å². The highest BCUT2D eigenvalue weighted by molar-refractivity contribution is 6.09. The van der Waals surface area contributed by atoms with Crippen molar-refractivity contribution in [2.45, 2.75) is 122 Å². The SMILES string of the molecule is CCCCCCCCC1(C(CCCCCCC)c2ccc3c(c2)c2ccccc2n3-c2ccccc2)c2cc(C)ccc2-c2ccc(C)cc21. The fraction of sp³-hybridized carbons (Fsp3) is 0.388. The van der Waals surface area contributed by atoms with Crippen molar-refractivity contribution in [2.75, 3.05) is 0 Å². The summed E-state index contributed by atoms with van der Waals surface area (Å²) in [6, 6.07) is 42.2. The van der Waals surface area contributed by atoms with Crippen LogP contribution in [0, 0.1) is 13.8 Å². The van der Waals surface area contributed by atoms with E-state index in [9.17, 15) is 0 Å². The minimum absolute atomic E-state index is 0.0519. The van der Waals surface area contributed by atoms with Crippen molar-refractivity contribution in [1.29, 1.82) is 0 Å². The molecule has 1 unspecified atom stereocenters. The van der Waals surface area contributed by atoms with Gasteiger partial charge in [0.2, 0.25) is 0 Å². The summed E-state index contributed by atoms with van der Waals surface area (Å²) in [6.07, 6.45) is 16.9. The van der Waals surface area contributed by atoms with Gasteiger partial charge in [0.15, 0.2) is 0 Å². The summed E-state index contributed by atoms with van der Waals surface area (Å²) in [5.74, 6) is 0.395. The minimum atomic E-state index is -0.0519. The second-order valence-corrected chi connectivity index (χ2v) is 15.3. The van der Waals surface area contributed by atoms with Gasteiger partial charge in [-0.15, -0.1) is 0 Å². The van der Waals surface area contributed by atoms with E-state index in [2.05, 4.69) is 141 Å². The zero-order valence-corrected chi connectivity index (χ0v) is 31.1. The van der Waals surface area contributed by atoms with Crippen LogP contribution >= 0.6 is 0 Å². The molecule has 258 valence electrons. The van der Waals surface area contributed by atoms with E-state index in [1.165, 1.54) is 139 Å². The normalized spacial score (nSPS) is 13.9. The number of nitrogens with zero attached hydrogens (tertiary/aromatic N) is 1. The van der Waals surface area contributed by atoms with Crippen LogP contribution in [0.3, 0.4) is 0 Å². The minimum Gasteiger partial charge on any atom is -0.309 e. The lowest BCUT2D eigenvalue weighted by molar-refractivity contribution is 0.345. The van der Waals surface area contributed by atoms with E-state index in [1.54, 1.807) is 11.1 Å². The second kappa shape index (κ2) is 15.4. The lowest BCUT2D eigenvalue weighted by atomic mass is 9.61. The number of rotatable bonds is 16. The Labute approximate surface area is 301 Å². The summed E-state index contributed by atoms with van der Waals surface area (Å²) in [6.45, 7) is 9.25. The Balaban J connectivity index is 1.43. The van der Waals surface area contributed by atoms with Crippen LogP contribution in [0.5, 0.6) is 0 Å². The largest absolute Gasteiger partial charge is 0.309 e. The van der Waals surface area contributed by atoms with Crippen LogP contribution in [0.1, 0.15) is 131 Å². The van der Waals surface area contributed by atoms with Gasteiger partial charge in [-0.1, -0.05) is 174 Å². The topological polar surface area (TPSA) is 4.93 Å².